The number of furan rings is 1. The zero-order valence-electron chi connectivity index (χ0n) is 14.4. The van der Waals surface area contributed by atoms with E-state index >= 15 is 0 Å². The zero-order valence-corrected chi connectivity index (χ0v) is 14.4. The van der Waals surface area contributed by atoms with Gasteiger partial charge in [-0.25, -0.2) is 0 Å². The van der Waals surface area contributed by atoms with Gasteiger partial charge >= 0.3 is 0 Å². The Balaban J connectivity index is 1.42. The van der Waals surface area contributed by atoms with E-state index in [2.05, 4.69) is 45.5 Å². The van der Waals surface area contributed by atoms with Crippen molar-refractivity contribution in [3.63, 3.8) is 0 Å². The number of likely N-dealkylation sites (tertiary alicyclic amines) is 1. The van der Waals surface area contributed by atoms with Gasteiger partial charge in [0.2, 0.25) is 0 Å². The minimum atomic E-state index is 0.782. The molecule has 2 heterocycles. The molecule has 1 aliphatic rings. The molecule has 0 bridgehead atoms. The fraction of sp³-hybridized carbons (Fsp3) is 0.450. The van der Waals surface area contributed by atoms with Crippen LogP contribution in [0.25, 0.3) is 0 Å². The van der Waals surface area contributed by atoms with Gasteiger partial charge in [-0.05, 0) is 42.9 Å². The van der Waals surface area contributed by atoms with E-state index in [-0.39, 0.29) is 0 Å². The second-order valence-electron chi connectivity index (χ2n) is 6.42. The highest BCUT2D eigenvalue weighted by atomic mass is 16.3. The maximum atomic E-state index is 5.37. The average molecular weight is 325 g/mol. The summed E-state index contributed by atoms with van der Waals surface area (Å²) in [5.74, 6) is 2.81. The summed E-state index contributed by atoms with van der Waals surface area (Å²) in [7, 11) is 1.87. The van der Waals surface area contributed by atoms with Crippen LogP contribution in [0.1, 0.15) is 24.2 Å². The van der Waals surface area contributed by atoms with Crippen molar-refractivity contribution in [2.75, 3.05) is 26.7 Å². The van der Waals surface area contributed by atoms with Gasteiger partial charge in [0.05, 0.1) is 6.26 Å². The van der Waals surface area contributed by atoms with Crippen LogP contribution in [0.5, 0.6) is 0 Å². The summed E-state index contributed by atoms with van der Waals surface area (Å²) < 4.78 is 5.37. The first-order valence-electron chi connectivity index (χ1n) is 8.87. The molecule has 0 atom stereocenters. The lowest BCUT2D eigenvalue weighted by atomic mass is 9.90. The number of nitrogens with zero attached hydrogens (tertiary/aromatic N) is 2. The van der Waals surface area contributed by atoms with Crippen LogP contribution < -0.4 is 5.32 Å². The van der Waals surface area contributed by atoms with Crippen LogP contribution in [0, 0.1) is 5.92 Å². The van der Waals surface area contributed by atoms with Crippen molar-refractivity contribution in [1.29, 1.82) is 0 Å². The van der Waals surface area contributed by atoms with Crippen LogP contribution in [0.4, 0.5) is 0 Å². The lowest BCUT2D eigenvalue weighted by Crippen LogP contribution is -2.46. The molecule has 0 amide bonds. The summed E-state index contributed by atoms with van der Waals surface area (Å²) in [6.45, 7) is 3.01. The van der Waals surface area contributed by atoms with Gasteiger partial charge in [0.1, 0.15) is 5.76 Å². The lowest BCUT2D eigenvalue weighted by Gasteiger charge is -2.34. The largest absolute Gasteiger partial charge is 0.469 e. The minimum absolute atomic E-state index is 0.782. The van der Waals surface area contributed by atoms with Gasteiger partial charge in [-0.1, -0.05) is 30.3 Å². The molecule has 1 aromatic heterocycles. The summed E-state index contributed by atoms with van der Waals surface area (Å²) >= 11 is 0. The number of guanidine groups is 1. The molecule has 1 saturated heterocycles. The number of hydrogen-bond donors (Lipinski definition) is 1. The Bertz CT molecular complexity index is 614. The quantitative estimate of drug-likeness (QED) is 0.677. The van der Waals surface area contributed by atoms with Crippen LogP contribution in [0.15, 0.2) is 58.1 Å². The Morgan fingerprint density at radius 3 is 2.62 bits per heavy atom. The van der Waals surface area contributed by atoms with E-state index in [1.54, 1.807) is 6.26 Å². The Hall–Kier alpha value is -2.23. The third kappa shape index (κ3) is 4.63. The Labute approximate surface area is 144 Å². The minimum Gasteiger partial charge on any atom is -0.469 e. The Kier molecular flexibility index (Phi) is 5.94. The van der Waals surface area contributed by atoms with Crippen LogP contribution in [0.2, 0.25) is 0 Å². The van der Waals surface area contributed by atoms with Gasteiger partial charge in [-0.3, -0.25) is 4.99 Å². The Morgan fingerprint density at radius 1 is 1.17 bits per heavy atom. The maximum Gasteiger partial charge on any atom is 0.193 e. The van der Waals surface area contributed by atoms with Crippen molar-refractivity contribution in [3.05, 3.63) is 60.1 Å². The number of aliphatic imine (C=N–C) groups is 1. The van der Waals surface area contributed by atoms with Crippen LogP contribution >= 0.6 is 0 Å². The molecular formula is C20H27N3O. The number of rotatable bonds is 5. The van der Waals surface area contributed by atoms with Gasteiger partial charge in [0.15, 0.2) is 5.96 Å². The fourth-order valence-corrected chi connectivity index (χ4v) is 3.38. The molecule has 4 nitrogen and oxygen atoms in total. The maximum absolute atomic E-state index is 5.37. The smallest absolute Gasteiger partial charge is 0.193 e. The fourth-order valence-electron chi connectivity index (χ4n) is 3.38. The van der Waals surface area contributed by atoms with Crippen molar-refractivity contribution in [1.82, 2.24) is 10.2 Å². The molecule has 0 radical (unpaired) electrons. The van der Waals surface area contributed by atoms with Crippen molar-refractivity contribution >= 4 is 5.96 Å². The summed E-state index contributed by atoms with van der Waals surface area (Å²) in [6.07, 6.45) is 6.26. The number of nitrogens with one attached hydrogen (secondary N) is 1. The predicted molar refractivity (Wildman–Crippen MR) is 98.2 cm³/mol. The van der Waals surface area contributed by atoms with E-state index in [1.807, 2.05) is 19.2 Å². The molecule has 24 heavy (non-hydrogen) atoms. The van der Waals surface area contributed by atoms with Crippen molar-refractivity contribution in [2.24, 2.45) is 10.9 Å². The molecule has 4 heteroatoms. The van der Waals surface area contributed by atoms with Gasteiger partial charge in [0, 0.05) is 33.1 Å². The highest BCUT2D eigenvalue weighted by Crippen LogP contribution is 2.21. The van der Waals surface area contributed by atoms with Crippen molar-refractivity contribution in [2.45, 2.75) is 25.7 Å². The normalized spacial score (nSPS) is 16.4. The molecule has 0 spiro atoms. The molecule has 1 aromatic carbocycles. The lowest BCUT2D eigenvalue weighted by molar-refractivity contribution is 0.259. The van der Waals surface area contributed by atoms with Crippen LogP contribution in [0.3, 0.4) is 0 Å². The topological polar surface area (TPSA) is 40.8 Å². The monoisotopic (exact) mass is 325 g/mol. The first kappa shape index (κ1) is 16.6. The van der Waals surface area contributed by atoms with E-state index in [0.717, 1.165) is 43.7 Å². The van der Waals surface area contributed by atoms with E-state index in [1.165, 1.54) is 24.8 Å². The van der Waals surface area contributed by atoms with Crippen molar-refractivity contribution < 1.29 is 4.42 Å². The van der Waals surface area contributed by atoms with Crippen LogP contribution in [-0.4, -0.2) is 37.5 Å². The highest BCUT2D eigenvalue weighted by molar-refractivity contribution is 5.79. The molecular weight excluding hydrogens is 298 g/mol. The van der Waals surface area contributed by atoms with Gasteiger partial charge in [-0.2, -0.15) is 0 Å². The SMILES string of the molecule is CN=C(NCCc1ccco1)N1CCC(Cc2ccccc2)CC1. The average Bonchev–Trinajstić information content (AvgIpc) is 3.14. The molecule has 0 unspecified atom stereocenters. The van der Waals surface area contributed by atoms with Gasteiger partial charge in [0.25, 0.3) is 0 Å². The van der Waals surface area contributed by atoms with Gasteiger partial charge < -0.3 is 14.6 Å². The van der Waals surface area contributed by atoms with Crippen LogP contribution in [-0.2, 0) is 12.8 Å². The number of piperidine rings is 1. The Morgan fingerprint density at radius 2 is 1.96 bits per heavy atom. The second kappa shape index (κ2) is 8.57. The number of benzene rings is 1. The summed E-state index contributed by atoms with van der Waals surface area (Å²) in [5.41, 5.74) is 1.46. The van der Waals surface area contributed by atoms with E-state index in [4.69, 9.17) is 4.42 Å². The summed E-state index contributed by atoms with van der Waals surface area (Å²) in [6, 6.07) is 14.8. The third-order valence-corrected chi connectivity index (χ3v) is 4.73. The molecule has 0 saturated carbocycles. The predicted octanol–water partition coefficient (Wildman–Crippen LogP) is 3.35. The molecule has 2 aromatic rings. The van der Waals surface area contributed by atoms with E-state index < -0.39 is 0 Å². The first-order chi connectivity index (χ1) is 11.8. The zero-order chi connectivity index (χ0) is 16.6. The molecule has 1 N–H and O–H groups in total. The standard InChI is InChI=1S/C20H27N3O/c1-21-20(22-12-9-19-8-5-15-24-19)23-13-10-18(11-14-23)16-17-6-3-2-4-7-17/h2-8,15,18H,9-14,16H2,1H3,(H,21,22). The van der Waals surface area contributed by atoms with E-state index in [0.29, 0.717) is 0 Å². The number of hydrogen-bond acceptors (Lipinski definition) is 2. The molecule has 3 rings (SSSR count). The third-order valence-electron chi connectivity index (χ3n) is 4.73. The molecule has 0 aliphatic carbocycles. The van der Waals surface area contributed by atoms with Gasteiger partial charge in [-0.15, -0.1) is 0 Å². The first-order valence-corrected chi connectivity index (χ1v) is 8.87. The molecule has 128 valence electrons. The molecule has 1 aliphatic heterocycles. The summed E-state index contributed by atoms with van der Waals surface area (Å²) in [4.78, 5) is 6.82. The van der Waals surface area contributed by atoms with Crippen molar-refractivity contribution in [3.8, 4) is 0 Å². The summed E-state index contributed by atoms with van der Waals surface area (Å²) in [5, 5.41) is 3.46. The van der Waals surface area contributed by atoms with E-state index in [9.17, 15) is 0 Å². The molecule has 1 fully saturated rings. The highest BCUT2D eigenvalue weighted by Gasteiger charge is 2.21. The second-order valence-corrected chi connectivity index (χ2v) is 6.42.